The van der Waals surface area contributed by atoms with Crippen molar-refractivity contribution >= 4 is 38.1 Å². The van der Waals surface area contributed by atoms with E-state index in [1.807, 2.05) is 5.38 Å². The molecule has 1 aliphatic rings. The van der Waals surface area contributed by atoms with Gasteiger partial charge in [0.1, 0.15) is 5.75 Å². The molecule has 1 fully saturated rings. The number of amides is 1. The van der Waals surface area contributed by atoms with Crippen molar-refractivity contribution in [3.8, 4) is 5.75 Å². The van der Waals surface area contributed by atoms with Gasteiger partial charge in [-0.25, -0.2) is 13.4 Å². The van der Waals surface area contributed by atoms with Crippen LogP contribution in [0.5, 0.6) is 5.75 Å². The van der Waals surface area contributed by atoms with Gasteiger partial charge in [-0.2, -0.15) is 0 Å². The fourth-order valence-electron chi connectivity index (χ4n) is 3.26. The van der Waals surface area contributed by atoms with E-state index in [0.717, 1.165) is 22.8 Å². The first-order chi connectivity index (χ1) is 14.8. The molecule has 1 saturated carbocycles. The van der Waals surface area contributed by atoms with E-state index in [1.54, 1.807) is 37.3 Å². The zero-order chi connectivity index (χ0) is 22.2. The molecule has 1 aliphatic carbocycles. The topological polar surface area (TPSA) is 88.6 Å². The summed E-state index contributed by atoms with van der Waals surface area (Å²) in [7, 11) is -0.962. The van der Waals surface area contributed by atoms with Gasteiger partial charge in [-0.15, -0.1) is 11.3 Å². The van der Waals surface area contributed by atoms with Crippen molar-refractivity contribution in [1.82, 2.24) is 4.98 Å². The molecule has 31 heavy (non-hydrogen) atoms. The predicted molar refractivity (Wildman–Crippen MR) is 122 cm³/mol. The number of aryl methyl sites for hydroxylation is 1. The van der Waals surface area contributed by atoms with E-state index in [-0.39, 0.29) is 16.4 Å². The number of sulfonamides is 1. The minimum atomic E-state index is -3.91. The second-order valence-electron chi connectivity index (χ2n) is 7.43. The molecule has 0 atom stereocenters. The molecular weight excluding hydrogens is 434 g/mol. The van der Waals surface area contributed by atoms with E-state index in [4.69, 9.17) is 4.74 Å². The van der Waals surface area contributed by atoms with Crippen molar-refractivity contribution in [2.45, 2.75) is 30.6 Å². The van der Waals surface area contributed by atoms with Crippen LogP contribution < -0.4 is 14.4 Å². The van der Waals surface area contributed by atoms with Crippen molar-refractivity contribution in [2.24, 2.45) is 0 Å². The zero-order valence-corrected chi connectivity index (χ0v) is 19.1. The monoisotopic (exact) mass is 457 g/mol. The zero-order valence-electron chi connectivity index (χ0n) is 17.5. The highest BCUT2D eigenvalue weighted by molar-refractivity contribution is 7.92. The lowest BCUT2D eigenvalue weighted by molar-refractivity contribution is 0.102. The molecule has 3 aromatic rings. The lowest BCUT2D eigenvalue weighted by atomic mass is 10.1. The second kappa shape index (κ2) is 8.32. The number of rotatable bonds is 7. The van der Waals surface area contributed by atoms with Gasteiger partial charge in [0.05, 0.1) is 23.4 Å². The van der Waals surface area contributed by atoms with Gasteiger partial charge in [0.2, 0.25) is 0 Å². The summed E-state index contributed by atoms with van der Waals surface area (Å²) < 4.78 is 33.0. The van der Waals surface area contributed by atoms with E-state index in [1.165, 1.54) is 37.6 Å². The molecule has 0 aliphatic heterocycles. The molecule has 1 aromatic heterocycles. The summed E-state index contributed by atoms with van der Waals surface area (Å²) >= 11 is 1.38. The van der Waals surface area contributed by atoms with E-state index < -0.39 is 10.0 Å². The fourth-order valence-corrected chi connectivity index (χ4v) is 5.28. The minimum absolute atomic E-state index is 0.0227. The normalized spacial score (nSPS) is 13.6. The molecule has 9 heteroatoms. The van der Waals surface area contributed by atoms with Crippen molar-refractivity contribution in [2.75, 3.05) is 23.8 Å². The molecule has 0 unspecified atom stereocenters. The second-order valence-corrected chi connectivity index (χ2v) is 10.3. The van der Waals surface area contributed by atoms with E-state index in [2.05, 4.69) is 10.3 Å². The van der Waals surface area contributed by atoms with Crippen LogP contribution >= 0.6 is 11.3 Å². The van der Waals surface area contributed by atoms with E-state index in [0.29, 0.717) is 28.0 Å². The maximum atomic E-state index is 13.3. The van der Waals surface area contributed by atoms with Crippen molar-refractivity contribution in [3.05, 3.63) is 64.7 Å². The van der Waals surface area contributed by atoms with Gasteiger partial charge in [-0.3, -0.25) is 14.4 Å². The van der Waals surface area contributed by atoms with Crippen LogP contribution in [-0.4, -0.2) is 33.5 Å². The summed E-state index contributed by atoms with van der Waals surface area (Å²) in [6, 6.07) is 11.4. The van der Waals surface area contributed by atoms with Crippen molar-refractivity contribution in [1.29, 1.82) is 0 Å². The van der Waals surface area contributed by atoms with Gasteiger partial charge in [0, 0.05) is 23.9 Å². The summed E-state index contributed by atoms with van der Waals surface area (Å²) in [5.41, 5.74) is 2.38. The largest absolute Gasteiger partial charge is 0.495 e. The SMILES string of the molecule is COc1ccccc1N(C)S(=O)(=O)c1ccc(C)c(C(=O)Nc2nc(C3CC3)cs2)c1. The summed E-state index contributed by atoms with van der Waals surface area (Å²) in [6.45, 7) is 1.77. The number of nitrogens with one attached hydrogen (secondary N) is 1. The molecule has 2 aromatic carbocycles. The average Bonchev–Trinajstić information content (AvgIpc) is 3.52. The maximum absolute atomic E-state index is 13.3. The molecule has 4 rings (SSSR count). The van der Waals surface area contributed by atoms with Crippen LogP contribution in [0.25, 0.3) is 0 Å². The number of para-hydroxylation sites is 2. The summed E-state index contributed by atoms with van der Waals surface area (Å²) in [5, 5.41) is 5.28. The Morgan fingerprint density at radius 3 is 2.68 bits per heavy atom. The van der Waals surface area contributed by atoms with Gasteiger partial charge in [-0.1, -0.05) is 18.2 Å². The van der Waals surface area contributed by atoms with E-state index >= 15 is 0 Å². The Morgan fingerprint density at radius 1 is 1.23 bits per heavy atom. The Kier molecular flexibility index (Phi) is 5.72. The molecule has 7 nitrogen and oxygen atoms in total. The summed E-state index contributed by atoms with van der Waals surface area (Å²) in [4.78, 5) is 17.4. The highest BCUT2D eigenvalue weighted by atomic mass is 32.2. The molecule has 0 spiro atoms. The van der Waals surface area contributed by atoms with Crippen LogP contribution in [0.1, 0.15) is 40.4 Å². The van der Waals surface area contributed by atoms with Gasteiger partial charge in [0.25, 0.3) is 15.9 Å². The number of hydrogen-bond donors (Lipinski definition) is 1. The van der Waals surface area contributed by atoms with Crippen LogP contribution in [-0.2, 0) is 10.0 Å². The third-order valence-corrected chi connectivity index (χ3v) is 7.82. The lowest BCUT2D eigenvalue weighted by Gasteiger charge is -2.22. The summed E-state index contributed by atoms with van der Waals surface area (Å²) in [5.74, 6) is 0.558. The van der Waals surface area contributed by atoms with Gasteiger partial charge < -0.3 is 4.74 Å². The number of thiazole rings is 1. The van der Waals surface area contributed by atoms with Gasteiger partial charge in [-0.05, 0) is 49.6 Å². The molecule has 1 amide bonds. The number of nitrogens with zero attached hydrogens (tertiary/aromatic N) is 2. The van der Waals surface area contributed by atoms with Crippen LogP contribution in [0, 0.1) is 6.92 Å². The number of carbonyl (C=O) groups excluding carboxylic acids is 1. The van der Waals surface area contributed by atoms with Crippen LogP contribution in [0.4, 0.5) is 10.8 Å². The highest BCUT2D eigenvalue weighted by Crippen LogP contribution is 2.41. The number of hydrogen-bond acceptors (Lipinski definition) is 6. The quantitative estimate of drug-likeness (QED) is 0.568. The van der Waals surface area contributed by atoms with Crippen molar-refractivity contribution in [3.63, 3.8) is 0 Å². The molecule has 1 N–H and O–H groups in total. The van der Waals surface area contributed by atoms with Crippen LogP contribution in [0.3, 0.4) is 0 Å². The van der Waals surface area contributed by atoms with Crippen molar-refractivity contribution < 1.29 is 17.9 Å². The van der Waals surface area contributed by atoms with E-state index in [9.17, 15) is 13.2 Å². The molecule has 0 bridgehead atoms. The average molecular weight is 458 g/mol. The first kappa shape index (κ1) is 21.3. The summed E-state index contributed by atoms with van der Waals surface area (Å²) in [6.07, 6.45) is 2.27. The Bertz CT molecular complexity index is 1230. The van der Waals surface area contributed by atoms with Crippen LogP contribution in [0.15, 0.2) is 52.7 Å². The third kappa shape index (κ3) is 4.28. The van der Waals surface area contributed by atoms with Gasteiger partial charge >= 0.3 is 0 Å². The Morgan fingerprint density at radius 2 is 1.97 bits per heavy atom. The molecule has 0 saturated heterocycles. The maximum Gasteiger partial charge on any atom is 0.264 e. The predicted octanol–water partition coefficient (Wildman–Crippen LogP) is 4.41. The minimum Gasteiger partial charge on any atom is -0.495 e. The lowest BCUT2D eigenvalue weighted by Crippen LogP contribution is -2.27. The van der Waals surface area contributed by atoms with Gasteiger partial charge in [0.15, 0.2) is 5.13 Å². The number of carbonyl (C=O) groups is 1. The standard InChI is InChI=1S/C22H23N3O4S2/c1-14-8-11-16(31(27,28)25(2)19-6-4-5-7-20(19)29-3)12-17(14)21(26)24-22-23-18(13-30-22)15-9-10-15/h4-8,11-13,15H,9-10H2,1-3H3,(H,23,24,26). The number of ether oxygens (including phenoxy) is 1. The number of methoxy groups -OCH3 is 1. The first-order valence-corrected chi connectivity index (χ1v) is 12.1. The Labute approximate surface area is 185 Å². The number of aromatic nitrogens is 1. The molecular formula is C22H23N3O4S2. The highest BCUT2D eigenvalue weighted by Gasteiger charge is 2.27. The first-order valence-electron chi connectivity index (χ1n) is 9.80. The molecule has 162 valence electrons. The Balaban J connectivity index is 1.62. The smallest absolute Gasteiger partial charge is 0.264 e. The fraction of sp³-hybridized carbons (Fsp3) is 0.273. The Hall–Kier alpha value is -2.91. The number of anilines is 2. The molecule has 1 heterocycles. The third-order valence-electron chi connectivity index (χ3n) is 5.27. The number of benzene rings is 2. The van der Waals surface area contributed by atoms with Crippen LogP contribution in [0.2, 0.25) is 0 Å². The molecule has 0 radical (unpaired) electrons.